The second-order valence-electron chi connectivity index (χ2n) is 5.37. The molecule has 0 radical (unpaired) electrons. The molecule has 3 N–H and O–H groups in total. The fourth-order valence-electron chi connectivity index (χ4n) is 2.13. The monoisotopic (exact) mass is 377 g/mol. The number of nitrogens with one attached hydrogen (secondary N) is 3. The first-order chi connectivity index (χ1) is 12.4. The van der Waals surface area contributed by atoms with Crippen LogP contribution in [0.3, 0.4) is 0 Å². The third kappa shape index (κ3) is 5.29. The lowest BCUT2D eigenvalue weighted by Crippen LogP contribution is -2.33. The molecule has 0 heterocycles. The molecule has 0 atom stereocenters. The van der Waals surface area contributed by atoms with Crippen molar-refractivity contribution in [2.75, 3.05) is 18.4 Å². The topological polar surface area (TPSA) is 87.3 Å². The van der Waals surface area contributed by atoms with Crippen LogP contribution in [0.5, 0.6) is 0 Å². The van der Waals surface area contributed by atoms with Crippen LogP contribution in [0, 0.1) is 5.82 Å². The summed E-state index contributed by atoms with van der Waals surface area (Å²) in [5, 5.41) is 7.75. The highest BCUT2D eigenvalue weighted by molar-refractivity contribution is 6.34. The zero-order valence-electron chi connectivity index (χ0n) is 13.9. The van der Waals surface area contributed by atoms with Gasteiger partial charge in [0.1, 0.15) is 5.82 Å². The Morgan fingerprint density at radius 2 is 1.62 bits per heavy atom. The minimum Gasteiger partial charge on any atom is -0.355 e. The minimum atomic E-state index is -0.717. The molecule has 0 saturated carbocycles. The van der Waals surface area contributed by atoms with Gasteiger partial charge < -0.3 is 16.0 Å². The number of rotatable bonds is 6. The summed E-state index contributed by atoms with van der Waals surface area (Å²) in [6.07, 6.45) is 0. The predicted octanol–water partition coefficient (Wildman–Crippen LogP) is 2.60. The number of benzene rings is 2. The van der Waals surface area contributed by atoms with Crippen molar-refractivity contribution in [1.29, 1.82) is 0 Å². The number of carbonyl (C=O) groups is 3. The largest absolute Gasteiger partial charge is 0.355 e. The zero-order valence-corrected chi connectivity index (χ0v) is 14.7. The Kier molecular flexibility index (Phi) is 6.68. The highest BCUT2D eigenvalue weighted by Gasteiger charge is 2.16. The Morgan fingerprint density at radius 1 is 0.962 bits per heavy atom. The second-order valence-corrected chi connectivity index (χ2v) is 5.77. The summed E-state index contributed by atoms with van der Waals surface area (Å²) < 4.78 is 13.7. The van der Waals surface area contributed by atoms with E-state index in [2.05, 4.69) is 16.0 Å². The summed E-state index contributed by atoms with van der Waals surface area (Å²) >= 11 is 5.86. The fraction of sp³-hybridized carbons (Fsp3) is 0.167. The van der Waals surface area contributed by atoms with E-state index in [1.165, 1.54) is 43.3 Å². The van der Waals surface area contributed by atoms with Crippen molar-refractivity contribution in [3.63, 3.8) is 0 Å². The van der Waals surface area contributed by atoms with E-state index < -0.39 is 11.7 Å². The summed E-state index contributed by atoms with van der Waals surface area (Å²) in [4.78, 5) is 34.8. The van der Waals surface area contributed by atoms with E-state index in [0.717, 1.165) is 6.07 Å². The Labute approximate surface area is 154 Å². The first kappa shape index (κ1) is 19.4. The van der Waals surface area contributed by atoms with Gasteiger partial charge >= 0.3 is 0 Å². The molecule has 0 aromatic heterocycles. The standard InChI is InChI=1S/C18H17ClFN3O3/c1-11(24)21-9-10-22-17(25)12-5-7-13(8-6-12)23-18(26)16-14(19)3-2-4-15(16)20/h2-8H,9-10H2,1H3,(H,21,24)(H,22,25)(H,23,26). The molecular weight excluding hydrogens is 361 g/mol. The molecule has 8 heteroatoms. The lowest BCUT2D eigenvalue weighted by molar-refractivity contribution is -0.118. The first-order valence-corrected chi connectivity index (χ1v) is 8.14. The van der Waals surface area contributed by atoms with E-state index in [1.807, 2.05) is 0 Å². The molecule has 136 valence electrons. The van der Waals surface area contributed by atoms with Crippen molar-refractivity contribution in [2.45, 2.75) is 6.92 Å². The second kappa shape index (κ2) is 8.96. The van der Waals surface area contributed by atoms with Gasteiger partial charge in [0.05, 0.1) is 10.6 Å². The van der Waals surface area contributed by atoms with Crippen LogP contribution in [0.25, 0.3) is 0 Å². The highest BCUT2D eigenvalue weighted by atomic mass is 35.5. The van der Waals surface area contributed by atoms with E-state index in [0.29, 0.717) is 24.3 Å². The molecule has 0 fully saturated rings. The van der Waals surface area contributed by atoms with Gasteiger partial charge in [0.2, 0.25) is 5.91 Å². The lowest BCUT2D eigenvalue weighted by Gasteiger charge is -2.09. The van der Waals surface area contributed by atoms with E-state index in [9.17, 15) is 18.8 Å². The zero-order chi connectivity index (χ0) is 19.1. The van der Waals surface area contributed by atoms with Crippen molar-refractivity contribution in [3.8, 4) is 0 Å². The molecule has 26 heavy (non-hydrogen) atoms. The van der Waals surface area contributed by atoms with Crippen molar-refractivity contribution in [3.05, 3.63) is 64.4 Å². The molecule has 2 aromatic rings. The highest BCUT2D eigenvalue weighted by Crippen LogP contribution is 2.20. The van der Waals surface area contributed by atoms with E-state index in [-0.39, 0.29) is 22.4 Å². The Balaban J connectivity index is 1.96. The Morgan fingerprint density at radius 3 is 2.23 bits per heavy atom. The molecular formula is C18H17ClFN3O3. The summed E-state index contributed by atoms with van der Waals surface area (Å²) in [6, 6.07) is 10.1. The number of carbonyl (C=O) groups excluding carboxylic acids is 3. The molecule has 0 unspecified atom stereocenters. The van der Waals surface area contributed by atoms with Gasteiger partial charge in [-0.2, -0.15) is 0 Å². The summed E-state index contributed by atoms with van der Waals surface area (Å²) in [7, 11) is 0. The van der Waals surface area contributed by atoms with Gasteiger partial charge in [0.15, 0.2) is 0 Å². The van der Waals surface area contributed by atoms with Crippen LogP contribution in [0.1, 0.15) is 27.6 Å². The van der Waals surface area contributed by atoms with Crippen LogP contribution in [0.4, 0.5) is 10.1 Å². The van der Waals surface area contributed by atoms with Crippen LogP contribution >= 0.6 is 11.6 Å². The van der Waals surface area contributed by atoms with Gasteiger partial charge in [0.25, 0.3) is 11.8 Å². The fourth-order valence-corrected chi connectivity index (χ4v) is 2.38. The maximum absolute atomic E-state index is 13.7. The number of hydrogen-bond acceptors (Lipinski definition) is 3. The molecule has 2 rings (SSSR count). The molecule has 0 aliphatic heterocycles. The molecule has 0 bridgehead atoms. The van der Waals surface area contributed by atoms with Gasteiger partial charge in [-0.3, -0.25) is 14.4 Å². The Bertz CT molecular complexity index is 805. The van der Waals surface area contributed by atoms with Crippen molar-refractivity contribution in [2.24, 2.45) is 0 Å². The molecule has 0 aliphatic carbocycles. The molecule has 0 spiro atoms. The van der Waals surface area contributed by atoms with Crippen LogP contribution in [-0.2, 0) is 4.79 Å². The van der Waals surface area contributed by atoms with Gasteiger partial charge in [-0.15, -0.1) is 0 Å². The number of hydrogen-bond donors (Lipinski definition) is 3. The van der Waals surface area contributed by atoms with Gasteiger partial charge in [-0.05, 0) is 36.4 Å². The first-order valence-electron chi connectivity index (χ1n) is 7.76. The Hall–Kier alpha value is -2.93. The molecule has 0 saturated heterocycles. The molecule has 3 amide bonds. The SMILES string of the molecule is CC(=O)NCCNC(=O)c1ccc(NC(=O)c2c(F)cccc2Cl)cc1. The third-order valence-electron chi connectivity index (χ3n) is 3.38. The lowest BCUT2D eigenvalue weighted by atomic mass is 10.1. The van der Waals surface area contributed by atoms with Crippen LogP contribution in [0.15, 0.2) is 42.5 Å². The molecule has 6 nitrogen and oxygen atoms in total. The smallest absolute Gasteiger partial charge is 0.260 e. The van der Waals surface area contributed by atoms with Crippen LogP contribution < -0.4 is 16.0 Å². The quantitative estimate of drug-likeness (QED) is 0.676. The van der Waals surface area contributed by atoms with Crippen LogP contribution in [-0.4, -0.2) is 30.8 Å². The van der Waals surface area contributed by atoms with Gasteiger partial charge in [-0.25, -0.2) is 4.39 Å². The van der Waals surface area contributed by atoms with E-state index in [1.54, 1.807) is 0 Å². The van der Waals surface area contributed by atoms with Crippen molar-refractivity contribution in [1.82, 2.24) is 10.6 Å². The maximum Gasteiger partial charge on any atom is 0.260 e. The number of halogens is 2. The maximum atomic E-state index is 13.7. The number of amides is 3. The average Bonchev–Trinajstić information content (AvgIpc) is 2.59. The summed E-state index contributed by atoms with van der Waals surface area (Å²) in [5.74, 6) is -1.88. The summed E-state index contributed by atoms with van der Waals surface area (Å²) in [5.41, 5.74) is 0.535. The van der Waals surface area contributed by atoms with Gasteiger partial charge in [0, 0.05) is 31.3 Å². The molecule has 0 aliphatic rings. The number of anilines is 1. The van der Waals surface area contributed by atoms with Crippen LogP contribution in [0.2, 0.25) is 5.02 Å². The normalized spacial score (nSPS) is 10.1. The molecule has 2 aromatic carbocycles. The van der Waals surface area contributed by atoms with E-state index >= 15 is 0 Å². The average molecular weight is 378 g/mol. The van der Waals surface area contributed by atoms with Gasteiger partial charge in [-0.1, -0.05) is 17.7 Å². The summed E-state index contributed by atoms with van der Waals surface area (Å²) in [6.45, 7) is 2.02. The third-order valence-corrected chi connectivity index (χ3v) is 3.69. The minimum absolute atomic E-state index is 0.0117. The van der Waals surface area contributed by atoms with Crippen molar-refractivity contribution >= 4 is 35.0 Å². The predicted molar refractivity (Wildman–Crippen MR) is 96.8 cm³/mol. The van der Waals surface area contributed by atoms with E-state index in [4.69, 9.17) is 11.6 Å². The van der Waals surface area contributed by atoms with Crippen molar-refractivity contribution < 1.29 is 18.8 Å².